The van der Waals surface area contributed by atoms with E-state index in [1.165, 1.54) is 31.5 Å². The van der Waals surface area contributed by atoms with Crippen LogP contribution in [0.1, 0.15) is 54.8 Å². The van der Waals surface area contributed by atoms with Gasteiger partial charge in [0.05, 0.1) is 17.6 Å². The first-order valence-corrected chi connectivity index (χ1v) is 9.50. The Kier molecular flexibility index (Phi) is 4.77. The number of hydrogen-bond acceptors (Lipinski definition) is 3. The number of hydrogen-bond donors (Lipinski definition) is 1. The Hall–Kier alpha value is -2.57. The second kappa shape index (κ2) is 7.11. The van der Waals surface area contributed by atoms with E-state index in [1.807, 2.05) is 17.0 Å². The molecule has 1 aliphatic heterocycles. The summed E-state index contributed by atoms with van der Waals surface area (Å²) in [7, 11) is 0. The Morgan fingerprint density at radius 3 is 2.39 bits per heavy atom. The highest BCUT2D eigenvalue weighted by Gasteiger charge is 2.38. The molecule has 0 unspecified atom stereocenters. The van der Waals surface area contributed by atoms with Crippen LogP contribution in [-0.2, 0) is 11.0 Å². The van der Waals surface area contributed by atoms with Gasteiger partial charge in [0.25, 0.3) is 0 Å². The first-order chi connectivity index (χ1) is 13.3. The first-order valence-electron chi connectivity index (χ1n) is 9.50. The lowest BCUT2D eigenvalue weighted by atomic mass is 9.97. The molecule has 2 aliphatic rings. The molecule has 1 aromatic heterocycles. The van der Waals surface area contributed by atoms with E-state index in [-0.39, 0.29) is 23.8 Å². The summed E-state index contributed by atoms with van der Waals surface area (Å²) in [6.07, 6.45) is -0.172. The topological polar surface area (TPSA) is 45.2 Å². The van der Waals surface area contributed by atoms with Crippen molar-refractivity contribution in [3.8, 4) is 0 Å². The minimum absolute atomic E-state index is 0.150. The van der Waals surface area contributed by atoms with Crippen molar-refractivity contribution in [2.24, 2.45) is 0 Å². The highest BCUT2D eigenvalue weighted by atomic mass is 19.4. The minimum atomic E-state index is -4.42. The predicted octanol–water partition coefficient (Wildman–Crippen LogP) is 4.43. The van der Waals surface area contributed by atoms with Crippen LogP contribution in [0, 0.1) is 0 Å². The molecular formula is C21H22F3N3O. The van der Waals surface area contributed by atoms with E-state index in [2.05, 4.69) is 22.4 Å². The predicted molar refractivity (Wildman–Crippen MR) is 100.0 cm³/mol. The molecule has 1 saturated heterocycles. The van der Waals surface area contributed by atoms with Gasteiger partial charge in [-0.2, -0.15) is 13.2 Å². The summed E-state index contributed by atoms with van der Waals surface area (Å²) in [6.45, 7) is 1.98. The quantitative estimate of drug-likeness (QED) is 0.841. The van der Waals surface area contributed by atoms with Crippen LogP contribution < -0.4 is 10.2 Å². The number of carbonyl (C=O) groups excluding carboxylic acids is 1. The number of rotatable bonds is 4. The summed E-state index contributed by atoms with van der Waals surface area (Å²) in [5, 5.41) is 2.95. The van der Waals surface area contributed by atoms with Gasteiger partial charge in [-0.1, -0.05) is 24.3 Å². The minimum Gasteiger partial charge on any atom is -0.351 e. The third kappa shape index (κ3) is 3.84. The van der Waals surface area contributed by atoms with Crippen molar-refractivity contribution in [2.75, 3.05) is 11.4 Å². The molecule has 1 aromatic carbocycles. The fourth-order valence-electron chi connectivity index (χ4n) is 4.01. The lowest BCUT2D eigenvalue weighted by Crippen LogP contribution is -2.38. The van der Waals surface area contributed by atoms with Gasteiger partial charge >= 0.3 is 6.18 Å². The molecular weight excluding hydrogens is 367 g/mol. The second-order valence-electron chi connectivity index (χ2n) is 7.58. The summed E-state index contributed by atoms with van der Waals surface area (Å²) in [6, 6.07) is 9.86. The second-order valence-corrected chi connectivity index (χ2v) is 7.58. The van der Waals surface area contributed by atoms with Gasteiger partial charge in [0.15, 0.2) is 0 Å². The van der Waals surface area contributed by atoms with Crippen LogP contribution in [-0.4, -0.2) is 23.5 Å². The Bertz CT molecular complexity index is 862. The normalized spacial score (nSPS) is 22.4. The van der Waals surface area contributed by atoms with Crippen LogP contribution in [0.3, 0.4) is 0 Å². The fourth-order valence-corrected chi connectivity index (χ4v) is 4.01. The van der Waals surface area contributed by atoms with Gasteiger partial charge < -0.3 is 10.2 Å². The molecule has 2 heterocycles. The number of alkyl halides is 3. The molecule has 28 heavy (non-hydrogen) atoms. The van der Waals surface area contributed by atoms with Crippen molar-refractivity contribution in [1.29, 1.82) is 0 Å². The van der Waals surface area contributed by atoms with Gasteiger partial charge in [-0.3, -0.25) is 4.79 Å². The number of pyridine rings is 1. The van der Waals surface area contributed by atoms with Gasteiger partial charge in [0.2, 0.25) is 5.91 Å². The average molecular weight is 389 g/mol. The third-order valence-electron chi connectivity index (χ3n) is 5.48. The van der Waals surface area contributed by atoms with Crippen molar-refractivity contribution >= 4 is 11.7 Å². The van der Waals surface area contributed by atoms with Crippen LogP contribution in [0.25, 0.3) is 0 Å². The molecule has 0 radical (unpaired) electrons. The largest absolute Gasteiger partial charge is 0.416 e. The van der Waals surface area contributed by atoms with Crippen LogP contribution in [0.2, 0.25) is 0 Å². The zero-order valence-corrected chi connectivity index (χ0v) is 15.5. The van der Waals surface area contributed by atoms with E-state index in [4.69, 9.17) is 0 Å². The third-order valence-corrected chi connectivity index (χ3v) is 5.48. The fraction of sp³-hybridized carbons (Fsp3) is 0.429. The maximum absolute atomic E-state index is 13.1. The number of amides is 1. The zero-order chi connectivity index (χ0) is 19.9. The van der Waals surface area contributed by atoms with Crippen molar-refractivity contribution in [1.82, 2.24) is 10.3 Å². The smallest absolute Gasteiger partial charge is 0.351 e. The van der Waals surface area contributed by atoms with Crippen LogP contribution in [0.15, 0.2) is 42.6 Å². The molecule has 1 amide bonds. The highest BCUT2D eigenvalue weighted by molar-refractivity contribution is 5.73. The van der Waals surface area contributed by atoms with E-state index >= 15 is 0 Å². The summed E-state index contributed by atoms with van der Waals surface area (Å²) < 4.78 is 39.4. The lowest BCUT2D eigenvalue weighted by molar-refractivity contribution is -0.137. The van der Waals surface area contributed by atoms with Gasteiger partial charge in [0.1, 0.15) is 5.82 Å². The summed E-state index contributed by atoms with van der Waals surface area (Å²) in [5.41, 5.74) is 1.55. The van der Waals surface area contributed by atoms with Crippen LogP contribution in [0.4, 0.5) is 19.0 Å². The lowest BCUT2D eigenvalue weighted by Gasteiger charge is -2.30. The molecule has 2 fully saturated rings. The highest BCUT2D eigenvalue weighted by Crippen LogP contribution is 2.42. The Balaban J connectivity index is 1.68. The SMILES string of the molecule is CC(=O)N[C@@H]1CCN(c2cc(C(F)(F)F)ccn2)[C@@H]1c1ccc(C2CC2)cc1. The van der Waals surface area contributed by atoms with Gasteiger partial charge in [-0.15, -0.1) is 0 Å². The maximum atomic E-state index is 13.1. The van der Waals surface area contributed by atoms with Crippen molar-refractivity contribution in [3.63, 3.8) is 0 Å². The number of carbonyl (C=O) groups is 1. The van der Waals surface area contributed by atoms with Gasteiger partial charge in [0, 0.05) is 19.7 Å². The zero-order valence-electron chi connectivity index (χ0n) is 15.5. The van der Waals surface area contributed by atoms with E-state index in [0.29, 0.717) is 18.9 Å². The van der Waals surface area contributed by atoms with Gasteiger partial charge in [-0.05, 0) is 48.4 Å². The molecule has 4 nitrogen and oxygen atoms in total. The van der Waals surface area contributed by atoms with Crippen molar-refractivity contribution in [2.45, 2.75) is 50.4 Å². The number of halogens is 3. The molecule has 148 valence electrons. The Morgan fingerprint density at radius 2 is 1.79 bits per heavy atom. The molecule has 7 heteroatoms. The van der Waals surface area contributed by atoms with E-state index in [0.717, 1.165) is 17.7 Å². The molecule has 1 aliphatic carbocycles. The standard InChI is InChI=1S/C21H22F3N3O/c1-13(28)26-18-9-11-27(19-12-17(8-10-25-19)21(22,23)24)20(18)16-6-4-15(5-7-16)14-2-3-14/h4-8,10,12,14,18,20H,2-3,9,11H2,1H3,(H,26,28)/t18-,20-/m1/s1. The molecule has 2 atom stereocenters. The maximum Gasteiger partial charge on any atom is 0.416 e. The number of nitrogens with one attached hydrogen (secondary N) is 1. The van der Waals surface area contributed by atoms with E-state index in [9.17, 15) is 18.0 Å². The summed E-state index contributed by atoms with van der Waals surface area (Å²) in [4.78, 5) is 17.7. The number of benzene rings is 1. The van der Waals surface area contributed by atoms with E-state index < -0.39 is 11.7 Å². The van der Waals surface area contributed by atoms with Gasteiger partial charge in [-0.25, -0.2) is 4.98 Å². The number of anilines is 1. The Morgan fingerprint density at radius 1 is 1.11 bits per heavy atom. The van der Waals surface area contributed by atoms with Crippen LogP contribution in [0.5, 0.6) is 0 Å². The first kappa shape index (κ1) is 18.8. The van der Waals surface area contributed by atoms with Crippen molar-refractivity contribution < 1.29 is 18.0 Å². The average Bonchev–Trinajstić information content (AvgIpc) is 3.42. The monoisotopic (exact) mass is 389 g/mol. The van der Waals surface area contributed by atoms with E-state index in [1.54, 1.807) is 0 Å². The van der Waals surface area contributed by atoms with Crippen molar-refractivity contribution in [3.05, 3.63) is 59.3 Å². The number of aromatic nitrogens is 1. The molecule has 4 rings (SSSR count). The number of nitrogens with zero attached hydrogens (tertiary/aromatic N) is 2. The van der Waals surface area contributed by atoms with Crippen LogP contribution >= 0.6 is 0 Å². The Labute approximate surface area is 161 Å². The molecule has 0 spiro atoms. The molecule has 0 bridgehead atoms. The molecule has 2 aromatic rings. The summed E-state index contributed by atoms with van der Waals surface area (Å²) in [5.74, 6) is 0.757. The summed E-state index contributed by atoms with van der Waals surface area (Å²) >= 11 is 0. The molecule has 1 N–H and O–H groups in total. The molecule has 1 saturated carbocycles.